The Labute approximate surface area is 114 Å². The van der Waals surface area contributed by atoms with Crippen LogP contribution in [0.2, 0.25) is 0 Å². The van der Waals surface area contributed by atoms with Crippen LogP contribution in [0.15, 0.2) is 35.8 Å². The van der Waals surface area contributed by atoms with Crippen LogP contribution in [0.1, 0.15) is 17.3 Å². The van der Waals surface area contributed by atoms with Gasteiger partial charge in [0.1, 0.15) is 5.75 Å². The van der Waals surface area contributed by atoms with Gasteiger partial charge in [0.25, 0.3) is 5.91 Å². The SMILES string of the molecule is CC(=O)c1cccc(OCC(=O)Nc2nccs2)c1. The fourth-order valence-electron chi connectivity index (χ4n) is 1.39. The number of aromatic nitrogens is 1. The van der Waals surface area contributed by atoms with Crippen LogP contribution in [-0.4, -0.2) is 23.3 Å². The fourth-order valence-corrected chi connectivity index (χ4v) is 1.94. The number of hydrogen-bond acceptors (Lipinski definition) is 5. The summed E-state index contributed by atoms with van der Waals surface area (Å²) in [7, 11) is 0. The molecular weight excluding hydrogens is 264 g/mol. The molecule has 0 fully saturated rings. The van der Waals surface area contributed by atoms with Gasteiger partial charge >= 0.3 is 0 Å². The zero-order valence-electron chi connectivity index (χ0n) is 10.3. The van der Waals surface area contributed by atoms with E-state index in [1.54, 1.807) is 35.8 Å². The molecule has 0 aliphatic rings. The average molecular weight is 276 g/mol. The molecule has 6 heteroatoms. The first-order chi connectivity index (χ1) is 9.15. The van der Waals surface area contributed by atoms with Gasteiger partial charge in [0.05, 0.1) is 0 Å². The smallest absolute Gasteiger partial charge is 0.264 e. The Balaban J connectivity index is 1.89. The lowest BCUT2D eigenvalue weighted by molar-refractivity contribution is -0.118. The maximum Gasteiger partial charge on any atom is 0.264 e. The van der Waals surface area contributed by atoms with Gasteiger partial charge < -0.3 is 4.74 Å². The van der Waals surface area contributed by atoms with Gasteiger partial charge in [-0.25, -0.2) is 4.98 Å². The van der Waals surface area contributed by atoms with Crippen LogP contribution in [0.25, 0.3) is 0 Å². The molecule has 2 aromatic rings. The molecule has 1 aromatic carbocycles. The summed E-state index contributed by atoms with van der Waals surface area (Å²) in [5.41, 5.74) is 0.554. The van der Waals surface area contributed by atoms with Gasteiger partial charge in [-0.3, -0.25) is 14.9 Å². The molecule has 0 spiro atoms. The lowest BCUT2D eigenvalue weighted by Crippen LogP contribution is -2.20. The average Bonchev–Trinajstić information content (AvgIpc) is 2.89. The third kappa shape index (κ3) is 3.89. The van der Waals surface area contributed by atoms with E-state index in [2.05, 4.69) is 10.3 Å². The van der Waals surface area contributed by atoms with Crippen LogP contribution in [-0.2, 0) is 4.79 Å². The quantitative estimate of drug-likeness (QED) is 0.851. The van der Waals surface area contributed by atoms with Crippen molar-refractivity contribution >= 4 is 28.2 Å². The van der Waals surface area contributed by atoms with Crippen molar-refractivity contribution in [3.8, 4) is 5.75 Å². The van der Waals surface area contributed by atoms with Crippen molar-refractivity contribution in [3.05, 3.63) is 41.4 Å². The molecular formula is C13H12N2O3S. The Morgan fingerprint density at radius 3 is 2.95 bits per heavy atom. The number of anilines is 1. The zero-order chi connectivity index (χ0) is 13.7. The summed E-state index contributed by atoms with van der Waals surface area (Å²) in [6, 6.07) is 6.72. The topological polar surface area (TPSA) is 68.3 Å². The second kappa shape index (κ2) is 6.10. The molecule has 1 aromatic heterocycles. The minimum atomic E-state index is -0.289. The van der Waals surface area contributed by atoms with Crippen LogP contribution >= 0.6 is 11.3 Å². The van der Waals surface area contributed by atoms with Gasteiger partial charge in [0.15, 0.2) is 17.5 Å². The van der Waals surface area contributed by atoms with Crippen LogP contribution in [0.3, 0.4) is 0 Å². The van der Waals surface area contributed by atoms with Gasteiger partial charge in [0, 0.05) is 17.1 Å². The highest BCUT2D eigenvalue weighted by Gasteiger charge is 2.06. The van der Waals surface area contributed by atoms with E-state index >= 15 is 0 Å². The predicted molar refractivity (Wildman–Crippen MR) is 72.7 cm³/mol. The maximum atomic E-state index is 11.6. The highest BCUT2D eigenvalue weighted by molar-refractivity contribution is 7.13. The van der Waals surface area contributed by atoms with E-state index in [9.17, 15) is 9.59 Å². The van der Waals surface area contributed by atoms with Crippen molar-refractivity contribution in [2.24, 2.45) is 0 Å². The Morgan fingerprint density at radius 1 is 1.42 bits per heavy atom. The highest BCUT2D eigenvalue weighted by Crippen LogP contribution is 2.14. The van der Waals surface area contributed by atoms with Gasteiger partial charge in [-0.05, 0) is 19.1 Å². The van der Waals surface area contributed by atoms with E-state index in [0.29, 0.717) is 16.4 Å². The number of carbonyl (C=O) groups excluding carboxylic acids is 2. The first-order valence-electron chi connectivity index (χ1n) is 5.58. The molecule has 5 nitrogen and oxygen atoms in total. The summed E-state index contributed by atoms with van der Waals surface area (Å²) >= 11 is 1.34. The Kier molecular flexibility index (Phi) is 4.25. The lowest BCUT2D eigenvalue weighted by Gasteiger charge is -2.06. The Morgan fingerprint density at radius 2 is 2.26 bits per heavy atom. The number of Topliss-reactive ketones (excluding diaryl/α,β-unsaturated/α-hetero) is 1. The monoisotopic (exact) mass is 276 g/mol. The number of nitrogens with one attached hydrogen (secondary N) is 1. The molecule has 0 atom stereocenters. The second-order valence-electron chi connectivity index (χ2n) is 3.76. The first-order valence-corrected chi connectivity index (χ1v) is 6.46. The maximum absolute atomic E-state index is 11.6. The van der Waals surface area contributed by atoms with E-state index in [1.807, 2.05) is 0 Å². The standard InChI is InChI=1S/C13H12N2O3S/c1-9(16)10-3-2-4-11(7-10)18-8-12(17)15-13-14-5-6-19-13/h2-7H,8H2,1H3,(H,14,15,17). The van der Waals surface area contributed by atoms with E-state index < -0.39 is 0 Å². The van der Waals surface area contributed by atoms with Gasteiger partial charge in [-0.2, -0.15) is 0 Å². The molecule has 1 amide bonds. The molecule has 0 bridgehead atoms. The molecule has 2 rings (SSSR count). The molecule has 0 aliphatic carbocycles. The summed E-state index contributed by atoms with van der Waals surface area (Å²) in [5.74, 6) is 0.155. The number of amides is 1. The number of ether oxygens (including phenoxy) is 1. The van der Waals surface area contributed by atoms with Gasteiger partial charge in [-0.15, -0.1) is 11.3 Å². The van der Waals surface area contributed by atoms with Gasteiger partial charge in [0.2, 0.25) is 0 Å². The van der Waals surface area contributed by atoms with Crippen LogP contribution < -0.4 is 10.1 Å². The third-order valence-electron chi connectivity index (χ3n) is 2.29. The lowest BCUT2D eigenvalue weighted by atomic mass is 10.1. The van der Waals surface area contributed by atoms with E-state index in [4.69, 9.17) is 4.74 Å². The molecule has 1 N–H and O–H groups in total. The van der Waals surface area contributed by atoms with Crippen LogP contribution in [0.4, 0.5) is 5.13 Å². The number of carbonyl (C=O) groups is 2. The highest BCUT2D eigenvalue weighted by atomic mass is 32.1. The summed E-state index contributed by atoms with van der Waals surface area (Å²) in [4.78, 5) is 26.7. The largest absolute Gasteiger partial charge is 0.484 e. The Hall–Kier alpha value is -2.21. The number of rotatable bonds is 5. The molecule has 0 saturated carbocycles. The minimum Gasteiger partial charge on any atom is -0.484 e. The van der Waals surface area contributed by atoms with Crippen molar-refractivity contribution in [3.63, 3.8) is 0 Å². The van der Waals surface area contributed by atoms with Crippen molar-refractivity contribution < 1.29 is 14.3 Å². The van der Waals surface area contributed by atoms with E-state index in [-0.39, 0.29) is 18.3 Å². The first kappa shape index (κ1) is 13.2. The molecule has 0 aliphatic heterocycles. The van der Waals surface area contributed by atoms with E-state index in [1.165, 1.54) is 18.3 Å². The number of thiazole rings is 1. The summed E-state index contributed by atoms with van der Waals surface area (Å²) in [6.07, 6.45) is 1.61. The number of benzene rings is 1. The van der Waals surface area contributed by atoms with Crippen molar-refractivity contribution in [1.82, 2.24) is 4.98 Å². The predicted octanol–water partition coefficient (Wildman–Crippen LogP) is 2.36. The molecule has 0 saturated heterocycles. The van der Waals surface area contributed by atoms with Crippen LogP contribution in [0, 0.1) is 0 Å². The number of nitrogens with zero attached hydrogens (tertiary/aromatic N) is 1. The molecule has 0 radical (unpaired) electrons. The van der Waals surface area contributed by atoms with E-state index in [0.717, 1.165) is 0 Å². The molecule has 19 heavy (non-hydrogen) atoms. The normalized spacial score (nSPS) is 9.95. The molecule has 1 heterocycles. The van der Waals surface area contributed by atoms with Crippen molar-refractivity contribution in [2.45, 2.75) is 6.92 Å². The van der Waals surface area contributed by atoms with Crippen molar-refractivity contribution in [1.29, 1.82) is 0 Å². The summed E-state index contributed by atoms with van der Waals surface area (Å²) in [6.45, 7) is 1.36. The minimum absolute atomic E-state index is 0.0438. The number of hydrogen-bond donors (Lipinski definition) is 1. The third-order valence-corrected chi connectivity index (χ3v) is 2.98. The molecule has 98 valence electrons. The second-order valence-corrected chi connectivity index (χ2v) is 4.65. The van der Waals surface area contributed by atoms with Crippen molar-refractivity contribution in [2.75, 3.05) is 11.9 Å². The molecule has 0 unspecified atom stereocenters. The van der Waals surface area contributed by atoms with Crippen LogP contribution in [0.5, 0.6) is 5.75 Å². The summed E-state index contributed by atoms with van der Waals surface area (Å²) in [5, 5.41) is 4.91. The summed E-state index contributed by atoms with van der Waals surface area (Å²) < 4.78 is 5.32. The fraction of sp³-hybridized carbons (Fsp3) is 0.154. The zero-order valence-corrected chi connectivity index (χ0v) is 11.1. The van der Waals surface area contributed by atoms with Gasteiger partial charge in [-0.1, -0.05) is 12.1 Å². The number of ketones is 1. The Bertz CT molecular complexity index is 581.